The van der Waals surface area contributed by atoms with Crippen LogP contribution < -0.4 is 5.73 Å². The van der Waals surface area contributed by atoms with E-state index in [9.17, 15) is 0 Å². The quantitative estimate of drug-likeness (QED) is 0.765. The van der Waals surface area contributed by atoms with Crippen LogP contribution in [0.15, 0.2) is 12.4 Å². The Morgan fingerprint density at radius 1 is 1.64 bits per heavy atom. The van der Waals surface area contributed by atoms with Crippen molar-refractivity contribution in [3.63, 3.8) is 0 Å². The molecule has 1 fully saturated rings. The van der Waals surface area contributed by atoms with Crippen molar-refractivity contribution in [2.24, 2.45) is 12.8 Å². The topological polar surface area (TPSA) is 53.1 Å². The largest absolute Gasteiger partial charge is 0.376 e. The van der Waals surface area contributed by atoms with E-state index >= 15 is 0 Å². The maximum atomic E-state index is 6.11. The van der Waals surface area contributed by atoms with Crippen molar-refractivity contribution in [3.8, 4) is 0 Å². The lowest BCUT2D eigenvalue weighted by molar-refractivity contribution is -0.00208. The van der Waals surface area contributed by atoms with Crippen LogP contribution in [0.4, 0.5) is 0 Å². The van der Waals surface area contributed by atoms with E-state index in [2.05, 4.69) is 4.98 Å². The highest BCUT2D eigenvalue weighted by Gasteiger charge is 2.25. The second kappa shape index (κ2) is 4.11. The smallest absolute Gasteiger partial charge is 0.128 e. The highest BCUT2D eigenvalue weighted by Crippen LogP contribution is 2.22. The van der Waals surface area contributed by atoms with Gasteiger partial charge in [-0.1, -0.05) is 0 Å². The van der Waals surface area contributed by atoms with E-state index in [1.807, 2.05) is 17.8 Å². The fraction of sp³-hybridized carbons (Fsp3) is 0.700. The fourth-order valence-electron chi connectivity index (χ4n) is 1.91. The molecule has 0 radical (unpaired) electrons. The van der Waals surface area contributed by atoms with Crippen LogP contribution in [0.5, 0.6) is 0 Å². The lowest BCUT2D eigenvalue weighted by Crippen LogP contribution is -2.33. The molecular weight excluding hydrogens is 178 g/mol. The molecule has 1 aromatic heterocycles. The van der Waals surface area contributed by atoms with Gasteiger partial charge in [-0.3, -0.25) is 0 Å². The highest BCUT2D eigenvalue weighted by atomic mass is 16.5. The molecule has 1 aliphatic heterocycles. The first kappa shape index (κ1) is 9.68. The van der Waals surface area contributed by atoms with Gasteiger partial charge in [0.1, 0.15) is 5.82 Å². The summed E-state index contributed by atoms with van der Waals surface area (Å²) in [6.45, 7) is 0.836. The van der Waals surface area contributed by atoms with Crippen molar-refractivity contribution in [2.45, 2.75) is 31.4 Å². The number of nitrogens with two attached hydrogens (primary N) is 1. The van der Waals surface area contributed by atoms with Gasteiger partial charge in [-0.2, -0.15) is 0 Å². The van der Waals surface area contributed by atoms with E-state index in [0.29, 0.717) is 0 Å². The lowest BCUT2D eigenvalue weighted by Gasteiger charge is -2.27. The molecule has 78 valence electrons. The average Bonchev–Trinajstić information content (AvgIpc) is 2.65. The van der Waals surface area contributed by atoms with Crippen molar-refractivity contribution < 1.29 is 4.74 Å². The Labute approximate surface area is 84.1 Å². The van der Waals surface area contributed by atoms with Crippen LogP contribution in [0.3, 0.4) is 0 Å². The summed E-state index contributed by atoms with van der Waals surface area (Å²) in [4.78, 5) is 4.25. The summed E-state index contributed by atoms with van der Waals surface area (Å²) in [5.74, 6) is 0.914. The first-order valence-corrected chi connectivity index (χ1v) is 5.13. The van der Waals surface area contributed by atoms with Crippen molar-refractivity contribution >= 4 is 0 Å². The minimum atomic E-state index is -0.0877. The second-order valence-corrected chi connectivity index (χ2v) is 3.83. The molecule has 2 atom stereocenters. The molecule has 1 saturated heterocycles. The molecule has 0 bridgehead atoms. The van der Waals surface area contributed by atoms with E-state index in [4.69, 9.17) is 10.5 Å². The Morgan fingerprint density at radius 3 is 3.07 bits per heavy atom. The molecule has 0 spiro atoms. The van der Waals surface area contributed by atoms with Gasteiger partial charge in [0.2, 0.25) is 0 Å². The minimum absolute atomic E-state index is 0.0877. The molecule has 2 N–H and O–H groups in total. The van der Waals surface area contributed by atoms with Gasteiger partial charge >= 0.3 is 0 Å². The van der Waals surface area contributed by atoms with Crippen molar-refractivity contribution in [2.75, 3.05) is 6.61 Å². The van der Waals surface area contributed by atoms with E-state index < -0.39 is 0 Å². The number of hydrogen-bond acceptors (Lipinski definition) is 3. The molecule has 4 heteroatoms. The lowest BCUT2D eigenvalue weighted by atomic mass is 10.0. The van der Waals surface area contributed by atoms with Crippen LogP contribution >= 0.6 is 0 Å². The standard InChI is InChI=1S/C10H17N3O/c1-13-6-5-12-10(13)9(11)8-4-2-3-7-14-8/h5-6,8-9H,2-4,7,11H2,1H3. The van der Waals surface area contributed by atoms with E-state index in [1.54, 1.807) is 6.20 Å². The van der Waals surface area contributed by atoms with Crippen molar-refractivity contribution in [1.82, 2.24) is 9.55 Å². The van der Waals surface area contributed by atoms with Gasteiger partial charge in [0.15, 0.2) is 0 Å². The summed E-state index contributed by atoms with van der Waals surface area (Å²) in [6.07, 6.45) is 7.25. The van der Waals surface area contributed by atoms with Crippen molar-refractivity contribution in [1.29, 1.82) is 0 Å². The molecular formula is C10H17N3O. The summed E-state index contributed by atoms with van der Waals surface area (Å²) < 4.78 is 7.60. The SMILES string of the molecule is Cn1ccnc1C(N)C1CCCCO1. The second-order valence-electron chi connectivity index (χ2n) is 3.83. The van der Waals surface area contributed by atoms with Crippen molar-refractivity contribution in [3.05, 3.63) is 18.2 Å². The monoisotopic (exact) mass is 195 g/mol. The van der Waals surface area contributed by atoms with Gasteiger partial charge in [0.05, 0.1) is 12.1 Å². The number of rotatable bonds is 2. The minimum Gasteiger partial charge on any atom is -0.376 e. The summed E-state index contributed by atoms with van der Waals surface area (Å²) in [6, 6.07) is -0.0877. The van der Waals surface area contributed by atoms with E-state index in [1.165, 1.54) is 6.42 Å². The van der Waals surface area contributed by atoms with Gasteiger partial charge < -0.3 is 15.0 Å². The van der Waals surface area contributed by atoms with Gasteiger partial charge in [0.25, 0.3) is 0 Å². The molecule has 1 aliphatic rings. The zero-order valence-corrected chi connectivity index (χ0v) is 8.52. The fourth-order valence-corrected chi connectivity index (χ4v) is 1.91. The predicted molar refractivity (Wildman–Crippen MR) is 53.7 cm³/mol. The summed E-state index contributed by atoms with van der Waals surface area (Å²) >= 11 is 0. The summed E-state index contributed by atoms with van der Waals surface area (Å²) in [5.41, 5.74) is 6.11. The number of aromatic nitrogens is 2. The Balaban J connectivity index is 2.07. The first-order valence-electron chi connectivity index (χ1n) is 5.13. The van der Waals surface area contributed by atoms with Gasteiger partial charge in [-0.15, -0.1) is 0 Å². The zero-order valence-electron chi connectivity index (χ0n) is 8.52. The molecule has 0 amide bonds. The maximum absolute atomic E-state index is 6.11. The number of imidazole rings is 1. The van der Waals surface area contributed by atoms with Gasteiger partial charge in [-0.25, -0.2) is 4.98 Å². The third-order valence-corrected chi connectivity index (χ3v) is 2.77. The molecule has 2 rings (SSSR count). The molecule has 1 aromatic rings. The third-order valence-electron chi connectivity index (χ3n) is 2.77. The van der Waals surface area contributed by atoms with E-state index in [-0.39, 0.29) is 12.1 Å². The molecule has 2 unspecified atom stereocenters. The summed E-state index contributed by atoms with van der Waals surface area (Å²) in [7, 11) is 1.96. The molecule has 0 saturated carbocycles. The van der Waals surface area contributed by atoms with Gasteiger partial charge in [-0.05, 0) is 19.3 Å². The van der Waals surface area contributed by atoms with Gasteiger partial charge in [0, 0.05) is 26.0 Å². The van der Waals surface area contributed by atoms with Crippen LogP contribution in [-0.4, -0.2) is 22.3 Å². The predicted octanol–water partition coefficient (Wildman–Crippen LogP) is 0.989. The van der Waals surface area contributed by atoms with Crippen LogP contribution in [0.1, 0.15) is 31.1 Å². The Hall–Kier alpha value is -0.870. The van der Waals surface area contributed by atoms with Crippen LogP contribution in [0, 0.1) is 0 Å². The van der Waals surface area contributed by atoms with Crippen LogP contribution in [0.25, 0.3) is 0 Å². The molecule has 0 aromatic carbocycles. The van der Waals surface area contributed by atoms with Crippen LogP contribution in [0.2, 0.25) is 0 Å². The molecule has 14 heavy (non-hydrogen) atoms. The number of nitrogens with zero attached hydrogens (tertiary/aromatic N) is 2. The number of aryl methyl sites for hydroxylation is 1. The first-order chi connectivity index (χ1) is 6.79. The zero-order chi connectivity index (χ0) is 9.97. The highest BCUT2D eigenvalue weighted by molar-refractivity contribution is 5.00. The Bertz CT molecular complexity index is 291. The van der Waals surface area contributed by atoms with Crippen LogP contribution in [-0.2, 0) is 11.8 Å². The molecule has 4 nitrogen and oxygen atoms in total. The van der Waals surface area contributed by atoms with E-state index in [0.717, 1.165) is 25.3 Å². The maximum Gasteiger partial charge on any atom is 0.128 e. The normalized spacial score (nSPS) is 24.9. The Morgan fingerprint density at radius 2 is 2.50 bits per heavy atom. The average molecular weight is 195 g/mol. The Kier molecular flexibility index (Phi) is 2.84. The number of hydrogen-bond donors (Lipinski definition) is 1. The number of ether oxygens (including phenoxy) is 1. The molecule has 0 aliphatic carbocycles. The third kappa shape index (κ3) is 1.81. The molecule has 2 heterocycles. The summed E-state index contributed by atoms with van der Waals surface area (Å²) in [5, 5.41) is 0.